The molecule has 4 rings (SSSR count). The number of nitrogens with zero attached hydrogens (tertiary/aromatic N) is 3. The molecule has 1 aromatic heterocycles. The molecule has 1 fully saturated rings. The van der Waals surface area contributed by atoms with Gasteiger partial charge >= 0.3 is 0 Å². The molecule has 1 aliphatic heterocycles. The van der Waals surface area contributed by atoms with Gasteiger partial charge in [-0.25, -0.2) is 4.98 Å². The van der Waals surface area contributed by atoms with Crippen LogP contribution in [0.25, 0.3) is 22.4 Å². The zero-order valence-corrected chi connectivity index (χ0v) is 14.4. The summed E-state index contributed by atoms with van der Waals surface area (Å²) in [4.78, 5) is 7.10. The normalized spacial score (nSPS) is 14.0. The minimum Gasteiger partial charge on any atom is -0.378 e. The summed E-state index contributed by atoms with van der Waals surface area (Å²) in [6.07, 6.45) is 0. The third-order valence-electron chi connectivity index (χ3n) is 4.58. The zero-order valence-electron chi connectivity index (χ0n) is 14.4. The van der Waals surface area contributed by atoms with Crippen molar-refractivity contribution >= 4 is 5.82 Å². The molecule has 1 aliphatic rings. The molecular formula is C22H19N3O. The second-order valence-corrected chi connectivity index (χ2v) is 6.19. The Balaban J connectivity index is 1.93. The van der Waals surface area contributed by atoms with E-state index in [0.717, 1.165) is 41.3 Å². The van der Waals surface area contributed by atoms with E-state index in [1.165, 1.54) is 0 Å². The van der Waals surface area contributed by atoms with Gasteiger partial charge in [0.2, 0.25) is 0 Å². The fourth-order valence-electron chi connectivity index (χ4n) is 3.25. The largest absolute Gasteiger partial charge is 0.378 e. The van der Waals surface area contributed by atoms with E-state index in [1.54, 1.807) is 0 Å². The zero-order chi connectivity index (χ0) is 17.8. The van der Waals surface area contributed by atoms with Gasteiger partial charge in [0.05, 0.1) is 24.5 Å². The van der Waals surface area contributed by atoms with E-state index in [2.05, 4.69) is 11.0 Å². The molecule has 1 saturated heterocycles. The van der Waals surface area contributed by atoms with Gasteiger partial charge in [0.25, 0.3) is 0 Å². The third kappa shape index (κ3) is 3.17. The standard InChI is InChI=1S/C22H19N3O/c23-16-20-19(17-7-3-1-4-8-17)15-21(25-11-13-26-14-12-25)24-22(20)18-9-5-2-6-10-18/h1-10,15H,11-14H2. The van der Waals surface area contributed by atoms with Crippen LogP contribution in [0.15, 0.2) is 66.7 Å². The fourth-order valence-corrected chi connectivity index (χ4v) is 3.25. The molecule has 4 nitrogen and oxygen atoms in total. The number of benzene rings is 2. The molecular weight excluding hydrogens is 322 g/mol. The van der Waals surface area contributed by atoms with Gasteiger partial charge in [-0.2, -0.15) is 5.26 Å². The van der Waals surface area contributed by atoms with E-state index in [-0.39, 0.29) is 0 Å². The van der Waals surface area contributed by atoms with E-state index in [1.807, 2.05) is 66.7 Å². The molecule has 2 heterocycles. The Labute approximate surface area is 153 Å². The van der Waals surface area contributed by atoms with Crippen molar-refractivity contribution in [1.29, 1.82) is 5.26 Å². The highest BCUT2D eigenvalue weighted by Gasteiger charge is 2.19. The molecule has 0 radical (unpaired) electrons. The lowest BCUT2D eigenvalue weighted by Crippen LogP contribution is -2.36. The Morgan fingerprint density at radius 1 is 0.885 bits per heavy atom. The summed E-state index contributed by atoms with van der Waals surface area (Å²) in [5.74, 6) is 0.894. The van der Waals surface area contributed by atoms with Crippen LogP contribution < -0.4 is 4.90 Å². The first-order valence-corrected chi connectivity index (χ1v) is 8.75. The van der Waals surface area contributed by atoms with Crippen molar-refractivity contribution in [2.45, 2.75) is 0 Å². The van der Waals surface area contributed by atoms with Gasteiger partial charge in [0.1, 0.15) is 11.9 Å². The van der Waals surface area contributed by atoms with Crippen LogP contribution in [0.5, 0.6) is 0 Å². The maximum absolute atomic E-state index is 9.90. The molecule has 2 aromatic carbocycles. The van der Waals surface area contributed by atoms with Gasteiger partial charge in [-0.15, -0.1) is 0 Å². The van der Waals surface area contributed by atoms with Crippen molar-refractivity contribution < 1.29 is 4.74 Å². The monoisotopic (exact) mass is 341 g/mol. The summed E-state index contributed by atoms with van der Waals surface area (Å²) in [6.45, 7) is 3.01. The van der Waals surface area contributed by atoms with Crippen LogP contribution in [0.1, 0.15) is 5.56 Å². The topological polar surface area (TPSA) is 49.2 Å². The van der Waals surface area contributed by atoms with Gasteiger partial charge in [0.15, 0.2) is 0 Å². The fraction of sp³-hybridized carbons (Fsp3) is 0.182. The number of rotatable bonds is 3. The van der Waals surface area contributed by atoms with Crippen LogP contribution in [0, 0.1) is 11.3 Å². The second-order valence-electron chi connectivity index (χ2n) is 6.19. The van der Waals surface area contributed by atoms with Crippen LogP contribution in [0.2, 0.25) is 0 Å². The lowest BCUT2D eigenvalue weighted by atomic mass is 9.96. The molecule has 0 spiro atoms. The summed E-state index contributed by atoms with van der Waals surface area (Å²) in [6, 6.07) is 24.4. The average molecular weight is 341 g/mol. The number of hydrogen-bond donors (Lipinski definition) is 0. The van der Waals surface area contributed by atoms with Crippen LogP contribution >= 0.6 is 0 Å². The Bertz CT molecular complexity index is 866. The summed E-state index contributed by atoms with van der Waals surface area (Å²) >= 11 is 0. The van der Waals surface area contributed by atoms with Crippen LogP contribution in [-0.4, -0.2) is 31.3 Å². The summed E-state index contributed by atoms with van der Waals surface area (Å²) in [7, 11) is 0. The van der Waals surface area contributed by atoms with E-state index in [0.29, 0.717) is 18.8 Å². The van der Waals surface area contributed by atoms with Crippen molar-refractivity contribution in [2.75, 3.05) is 31.2 Å². The van der Waals surface area contributed by atoms with E-state index >= 15 is 0 Å². The highest BCUT2D eigenvalue weighted by atomic mass is 16.5. The van der Waals surface area contributed by atoms with Crippen molar-refractivity contribution in [1.82, 2.24) is 4.98 Å². The number of nitriles is 1. The van der Waals surface area contributed by atoms with Crippen molar-refractivity contribution in [3.8, 4) is 28.5 Å². The van der Waals surface area contributed by atoms with Crippen molar-refractivity contribution in [3.63, 3.8) is 0 Å². The first-order valence-electron chi connectivity index (χ1n) is 8.75. The van der Waals surface area contributed by atoms with Gasteiger partial charge in [-0.05, 0) is 11.6 Å². The Morgan fingerprint density at radius 2 is 1.50 bits per heavy atom. The number of anilines is 1. The van der Waals surface area contributed by atoms with E-state index in [9.17, 15) is 5.26 Å². The van der Waals surface area contributed by atoms with E-state index < -0.39 is 0 Å². The lowest BCUT2D eigenvalue weighted by Gasteiger charge is -2.29. The number of aromatic nitrogens is 1. The molecule has 0 atom stereocenters. The SMILES string of the molecule is N#Cc1c(-c2ccccc2)cc(N2CCOCC2)nc1-c1ccccc1. The molecule has 0 bridgehead atoms. The van der Waals surface area contributed by atoms with Crippen molar-refractivity contribution in [2.24, 2.45) is 0 Å². The highest BCUT2D eigenvalue weighted by Crippen LogP contribution is 2.34. The predicted molar refractivity (Wildman–Crippen MR) is 103 cm³/mol. The summed E-state index contributed by atoms with van der Waals surface area (Å²) in [5.41, 5.74) is 4.24. The van der Waals surface area contributed by atoms with Crippen molar-refractivity contribution in [3.05, 3.63) is 72.3 Å². The van der Waals surface area contributed by atoms with Gasteiger partial charge in [0, 0.05) is 24.2 Å². The first-order chi connectivity index (χ1) is 12.9. The van der Waals surface area contributed by atoms with Gasteiger partial charge in [-0.3, -0.25) is 0 Å². The van der Waals surface area contributed by atoms with E-state index in [4.69, 9.17) is 9.72 Å². The molecule has 0 amide bonds. The maximum atomic E-state index is 9.90. The molecule has 0 N–H and O–H groups in total. The Hall–Kier alpha value is -3.16. The molecule has 3 aromatic rings. The molecule has 0 aliphatic carbocycles. The second kappa shape index (κ2) is 7.38. The number of morpholine rings is 1. The predicted octanol–water partition coefficient (Wildman–Crippen LogP) is 4.12. The molecule has 128 valence electrons. The smallest absolute Gasteiger partial charge is 0.130 e. The molecule has 26 heavy (non-hydrogen) atoms. The molecule has 4 heteroatoms. The van der Waals surface area contributed by atoms with Crippen LogP contribution in [0.4, 0.5) is 5.82 Å². The third-order valence-corrected chi connectivity index (χ3v) is 4.58. The van der Waals surface area contributed by atoms with Gasteiger partial charge < -0.3 is 9.64 Å². The number of pyridine rings is 1. The molecule has 0 unspecified atom stereocenters. The maximum Gasteiger partial charge on any atom is 0.130 e. The molecule has 0 saturated carbocycles. The Kier molecular flexibility index (Phi) is 4.63. The lowest BCUT2D eigenvalue weighted by molar-refractivity contribution is 0.122. The average Bonchev–Trinajstić information content (AvgIpc) is 2.74. The Morgan fingerprint density at radius 3 is 2.12 bits per heavy atom. The minimum absolute atomic E-state index is 0.611. The van der Waals surface area contributed by atoms with Crippen LogP contribution in [-0.2, 0) is 4.74 Å². The minimum atomic E-state index is 0.611. The summed E-state index contributed by atoms with van der Waals surface area (Å²) < 4.78 is 5.47. The van der Waals surface area contributed by atoms with Crippen LogP contribution in [0.3, 0.4) is 0 Å². The summed E-state index contributed by atoms with van der Waals surface area (Å²) in [5, 5.41) is 9.90. The quantitative estimate of drug-likeness (QED) is 0.719. The highest BCUT2D eigenvalue weighted by molar-refractivity contribution is 5.82. The first kappa shape index (κ1) is 16.3. The van der Waals surface area contributed by atoms with Gasteiger partial charge in [-0.1, -0.05) is 60.7 Å². The number of ether oxygens (including phenoxy) is 1. The number of hydrogen-bond acceptors (Lipinski definition) is 4.